The van der Waals surface area contributed by atoms with E-state index in [1.807, 2.05) is 19.1 Å². The minimum Gasteiger partial charge on any atom is -0.379 e. The number of hydrogen-bond acceptors (Lipinski definition) is 7. The molecule has 1 aliphatic heterocycles. The lowest BCUT2D eigenvalue weighted by atomic mass is 10.2. The fraction of sp³-hybridized carbons (Fsp3) is 0.440. The summed E-state index contributed by atoms with van der Waals surface area (Å²) >= 11 is 7.70. The molecule has 1 fully saturated rings. The SMILES string of the molecule is Cc1c(Cl)ccc2sc(N(CCCN3CCOCC3)C(=O)CCCS(=O)(=O)c3ccc(F)cc3)nc12. The summed E-state index contributed by atoms with van der Waals surface area (Å²) in [5, 5.41) is 1.21. The van der Waals surface area contributed by atoms with Crippen LogP contribution in [0.3, 0.4) is 0 Å². The van der Waals surface area contributed by atoms with Crippen molar-refractivity contribution >= 4 is 54.0 Å². The highest BCUT2D eigenvalue weighted by Crippen LogP contribution is 2.34. The fourth-order valence-corrected chi connectivity index (χ4v) is 6.65. The Hall–Kier alpha value is -2.11. The summed E-state index contributed by atoms with van der Waals surface area (Å²) in [5.41, 5.74) is 1.63. The number of ether oxygens (including phenoxy) is 1. The number of thiazole rings is 1. The number of carbonyl (C=O) groups is 1. The average Bonchev–Trinajstić information content (AvgIpc) is 3.29. The second kappa shape index (κ2) is 12.0. The van der Waals surface area contributed by atoms with Crippen LogP contribution in [0.5, 0.6) is 0 Å². The fourth-order valence-electron chi connectivity index (χ4n) is 4.12. The molecule has 36 heavy (non-hydrogen) atoms. The van der Waals surface area contributed by atoms with Crippen LogP contribution in [-0.4, -0.2) is 69.4 Å². The van der Waals surface area contributed by atoms with Crippen LogP contribution in [0.1, 0.15) is 24.8 Å². The second-order valence-corrected chi connectivity index (χ2v) is 12.3. The number of fused-ring (bicyclic) bond motifs is 1. The summed E-state index contributed by atoms with van der Waals surface area (Å²) < 4.78 is 44.7. The quantitative estimate of drug-likeness (QED) is 0.338. The third kappa shape index (κ3) is 6.60. The number of hydrogen-bond donors (Lipinski definition) is 0. The number of amides is 1. The molecule has 194 valence electrons. The molecule has 0 radical (unpaired) electrons. The van der Waals surface area contributed by atoms with Gasteiger partial charge in [0.1, 0.15) is 5.82 Å². The third-order valence-corrected chi connectivity index (χ3v) is 9.47. The van der Waals surface area contributed by atoms with Gasteiger partial charge < -0.3 is 4.74 Å². The Morgan fingerprint density at radius 2 is 1.89 bits per heavy atom. The lowest BCUT2D eigenvalue weighted by Gasteiger charge is -2.27. The molecule has 3 aromatic rings. The maximum absolute atomic E-state index is 13.3. The Kier molecular flexibility index (Phi) is 8.95. The largest absolute Gasteiger partial charge is 0.379 e. The van der Waals surface area contributed by atoms with Gasteiger partial charge in [0.25, 0.3) is 0 Å². The van der Waals surface area contributed by atoms with Crippen molar-refractivity contribution in [3.8, 4) is 0 Å². The van der Waals surface area contributed by atoms with Crippen LogP contribution in [0, 0.1) is 12.7 Å². The van der Waals surface area contributed by atoms with Gasteiger partial charge in [-0.1, -0.05) is 22.9 Å². The van der Waals surface area contributed by atoms with Crippen molar-refractivity contribution in [2.45, 2.75) is 31.1 Å². The molecule has 7 nitrogen and oxygen atoms in total. The molecule has 0 atom stereocenters. The van der Waals surface area contributed by atoms with Gasteiger partial charge in [0.2, 0.25) is 5.91 Å². The van der Waals surface area contributed by atoms with E-state index >= 15 is 0 Å². The van der Waals surface area contributed by atoms with Gasteiger partial charge in [-0.3, -0.25) is 14.6 Å². The molecule has 2 aromatic carbocycles. The van der Waals surface area contributed by atoms with E-state index in [1.165, 1.54) is 23.5 Å². The summed E-state index contributed by atoms with van der Waals surface area (Å²) in [4.78, 5) is 22.1. The third-order valence-electron chi connectivity index (χ3n) is 6.20. The predicted molar refractivity (Wildman–Crippen MR) is 141 cm³/mol. The first-order valence-electron chi connectivity index (χ1n) is 11.9. The molecule has 0 saturated carbocycles. The maximum atomic E-state index is 13.3. The topological polar surface area (TPSA) is 79.8 Å². The first kappa shape index (κ1) is 26.9. The van der Waals surface area contributed by atoms with E-state index in [0.717, 1.165) is 54.0 Å². The normalized spacial score (nSPS) is 14.9. The van der Waals surface area contributed by atoms with Crippen molar-refractivity contribution < 1.29 is 22.3 Å². The van der Waals surface area contributed by atoms with Crippen LogP contribution in [-0.2, 0) is 19.4 Å². The highest BCUT2D eigenvalue weighted by molar-refractivity contribution is 7.91. The number of aromatic nitrogens is 1. The summed E-state index contributed by atoms with van der Waals surface area (Å²) in [6, 6.07) is 8.47. The standard InChI is InChI=1S/C25H29ClFN3O4S2/c1-18-21(26)9-10-22-24(18)28-25(35-22)30(12-3-11-29-13-15-34-16-14-29)23(31)4-2-17-36(32,33)20-7-5-19(27)6-8-20/h5-10H,2-4,11-17H2,1H3. The summed E-state index contributed by atoms with van der Waals surface area (Å²) in [5.74, 6) is -0.862. The lowest BCUT2D eigenvalue weighted by molar-refractivity contribution is -0.118. The van der Waals surface area contributed by atoms with Crippen molar-refractivity contribution in [1.29, 1.82) is 0 Å². The molecular formula is C25H29ClFN3O4S2. The molecule has 1 aliphatic rings. The van der Waals surface area contributed by atoms with Crippen molar-refractivity contribution in [1.82, 2.24) is 9.88 Å². The lowest BCUT2D eigenvalue weighted by Crippen LogP contribution is -2.39. The highest BCUT2D eigenvalue weighted by Gasteiger charge is 2.23. The molecule has 0 aliphatic carbocycles. The number of aryl methyl sites for hydroxylation is 1. The Balaban J connectivity index is 1.45. The van der Waals surface area contributed by atoms with Crippen molar-refractivity contribution in [3.05, 3.63) is 52.8 Å². The Morgan fingerprint density at radius 3 is 2.61 bits per heavy atom. The number of carbonyl (C=O) groups excluding carboxylic acids is 1. The molecule has 0 bridgehead atoms. The summed E-state index contributed by atoms with van der Waals surface area (Å²) in [6.07, 6.45) is 0.983. The van der Waals surface area contributed by atoms with Gasteiger partial charge in [-0.25, -0.2) is 17.8 Å². The van der Waals surface area contributed by atoms with E-state index in [0.29, 0.717) is 29.9 Å². The number of sulfone groups is 1. The van der Waals surface area contributed by atoms with E-state index in [4.69, 9.17) is 21.3 Å². The number of nitrogens with zero attached hydrogens (tertiary/aromatic N) is 3. The smallest absolute Gasteiger partial charge is 0.228 e. The van der Waals surface area contributed by atoms with E-state index in [1.54, 1.807) is 4.90 Å². The van der Waals surface area contributed by atoms with Crippen LogP contribution in [0.15, 0.2) is 41.3 Å². The summed E-state index contributed by atoms with van der Waals surface area (Å²) in [7, 11) is -3.61. The first-order valence-corrected chi connectivity index (χ1v) is 14.7. The monoisotopic (exact) mass is 553 g/mol. The van der Waals surface area contributed by atoms with Gasteiger partial charge in [-0.15, -0.1) is 0 Å². The van der Waals surface area contributed by atoms with Crippen LogP contribution in [0.4, 0.5) is 9.52 Å². The number of benzene rings is 2. The van der Waals surface area contributed by atoms with Gasteiger partial charge in [0.05, 0.1) is 34.1 Å². The predicted octanol–water partition coefficient (Wildman–Crippen LogP) is 4.71. The van der Waals surface area contributed by atoms with Gasteiger partial charge >= 0.3 is 0 Å². The van der Waals surface area contributed by atoms with Crippen molar-refractivity contribution in [3.63, 3.8) is 0 Å². The van der Waals surface area contributed by atoms with Crippen LogP contribution >= 0.6 is 22.9 Å². The molecular weight excluding hydrogens is 525 g/mol. The Labute approximate surface area is 219 Å². The number of morpholine rings is 1. The summed E-state index contributed by atoms with van der Waals surface area (Å²) in [6.45, 7) is 6.38. The first-order chi connectivity index (χ1) is 17.2. The molecule has 0 unspecified atom stereocenters. The molecule has 1 aromatic heterocycles. The van der Waals surface area contributed by atoms with E-state index in [2.05, 4.69) is 4.90 Å². The van der Waals surface area contributed by atoms with Crippen LogP contribution < -0.4 is 4.90 Å². The Bertz CT molecular complexity index is 1310. The minimum atomic E-state index is -3.61. The molecule has 2 heterocycles. The zero-order chi connectivity index (χ0) is 25.7. The molecule has 0 spiro atoms. The minimum absolute atomic E-state index is 0.0530. The van der Waals surface area contributed by atoms with E-state index in [9.17, 15) is 17.6 Å². The number of rotatable bonds is 10. The van der Waals surface area contributed by atoms with Crippen molar-refractivity contribution in [2.24, 2.45) is 0 Å². The van der Waals surface area contributed by atoms with Gasteiger partial charge in [-0.2, -0.15) is 0 Å². The Morgan fingerprint density at radius 1 is 1.17 bits per heavy atom. The van der Waals surface area contributed by atoms with Crippen molar-refractivity contribution in [2.75, 3.05) is 50.0 Å². The number of anilines is 1. The van der Waals surface area contributed by atoms with E-state index < -0.39 is 15.7 Å². The second-order valence-electron chi connectivity index (χ2n) is 8.74. The van der Waals surface area contributed by atoms with Crippen LogP contribution in [0.2, 0.25) is 5.02 Å². The molecule has 4 rings (SSSR count). The molecule has 1 saturated heterocycles. The maximum Gasteiger partial charge on any atom is 0.228 e. The van der Waals surface area contributed by atoms with Gasteiger partial charge in [0, 0.05) is 37.6 Å². The molecule has 11 heteroatoms. The van der Waals surface area contributed by atoms with Crippen LogP contribution in [0.25, 0.3) is 10.2 Å². The number of halogens is 2. The highest BCUT2D eigenvalue weighted by atomic mass is 35.5. The molecule has 0 N–H and O–H groups in total. The van der Waals surface area contributed by atoms with Gasteiger partial charge in [-0.05, 0) is 61.7 Å². The molecule has 1 amide bonds. The zero-order valence-corrected chi connectivity index (χ0v) is 22.5. The van der Waals surface area contributed by atoms with E-state index in [-0.39, 0.29) is 29.4 Å². The zero-order valence-electron chi connectivity index (χ0n) is 20.1. The van der Waals surface area contributed by atoms with Gasteiger partial charge in [0.15, 0.2) is 15.0 Å². The average molecular weight is 554 g/mol.